The van der Waals surface area contributed by atoms with Crippen LogP contribution in [-0.4, -0.2) is 38.1 Å². The van der Waals surface area contributed by atoms with E-state index < -0.39 is 5.91 Å². The Morgan fingerprint density at radius 1 is 0.889 bits per heavy atom. The molecule has 0 atom stereocenters. The molecule has 36 heavy (non-hydrogen) atoms. The number of carbonyl (C=O) groups is 2. The molecule has 0 aliphatic carbocycles. The van der Waals surface area contributed by atoms with Crippen LogP contribution in [0.2, 0.25) is 0 Å². The van der Waals surface area contributed by atoms with Gasteiger partial charge in [0.25, 0.3) is 11.8 Å². The summed E-state index contributed by atoms with van der Waals surface area (Å²) < 4.78 is 16.0. The van der Waals surface area contributed by atoms with Gasteiger partial charge in [-0.15, -0.1) is 0 Å². The van der Waals surface area contributed by atoms with Crippen molar-refractivity contribution >= 4 is 28.8 Å². The average molecular weight is 486 g/mol. The maximum atomic E-state index is 13.3. The molecular weight excluding hydrogens is 458 g/mol. The molecule has 0 spiro atoms. The summed E-state index contributed by atoms with van der Waals surface area (Å²) in [6.45, 7) is 0.222. The first-order valence-corrected chi connectivity index (χ1v) is 11.2. The Morgan fingerprint density at radius 3 is 2.39 bits per heavy atom. The number of aromatic nitrogens is 1. The van der Waals surface area contributed by atoms with E-state index in [1.54, 1.807) is 70.0 Å². The molecule has 0 unspecified atom stereocenters. The molecule has 2 amide bonds. The molecule has 0 bridgehead atoms. The van der Waals surface area contributed by atoms with Crippen LogP contribution >= 0.6 is 0 Å². The zero-order valence-corrected chi connectivity index (χ0v) is 20.3. The molecule has 8 heteroatoms. The van der Waals surface area contributed by atoms with Crippen molar-refractivity contribution in [1.29, 1.82) is 0 Å². The number of methoxy groups -OCH3 is 3. The van der Waals surface area contributed by atoms with E-state index in [-0.39, 0.29) is 18.1 Å². The molecule has 0 fully saturated rings. The van der Waals surface area contributed by atoms with E-state index in [0.29, 0.717) is 22.8 Å². The minimum atomic E-state index is -0.439. The van der Waals surface area contributed by atoms with Crippen LogP contribution in [0.15, 0.2) is 78.6 Å². The minimum Gasteiger partial charge on any atom is -0.497 e. The third-order valence-electron chi connectivity index (χ3n) is 5.65. The lowest BCUT2D eigenvalue weighted by Crippen LogP contribution is -2.34. The minimum absolute atomic E-state index is 0.105. The summed E-state index contributed by atoms with van der Waals surface area (Å²) in [6, 6.07) is 19.7. The van der Waals surface area contributed by atoms with E-state index in [1.807, 2.05) is 30.3 Å². The van der Waals surface area contributed by atoms with Gasteiger partial charge in [-0.25, -0.2) is 0 Å². The zero-order valence-electron chi connectivity index (χ0n) is 20.3. The Morgan fingerprint density at radius 2 is 1.67 bits per heavy atom. The van der Waals surface area contributed by atoms with Crippen LogP contribution in [0.3, 0.4) is 0 Å². The first kappa shape index (κ1) is 24.4. The Kier molecular flexibility index (Phi) is 7.55. The van der Waals surface area contributed by atoms with E-state index in [9.17, 15) is 9.59 Å². The van der Waals surface area contributed by atoms with Gasteiger partial charge in [0.1, 0.15) is 11.4 Å². The van der Waals surface area contributed by atoms with Crippen LogP contribution in [0.5, 0.6) is 17.2 Å². The fourth-order valence-electron chi connectivity index (χ4n) is 3.73. The monoisotopic (exact) mass is 485 g/mol. The number of H-pyrrole nitrogens is 1. The Bertz CT molecular complexity index is 1410. The summed E-state index contributed by atoms with van der Waals surface area (Å²) in [6.07, 6.45) is 3.42. The molecule has 4 rings (SSSR count). The Labute approximate surface area is 208 Å². The molecule has 0 radical (unpaired) electrons. The second-order valence-electron chi connectivity index (χ2n) is 7.91. The second-order valence-corrected chi connectivity index (χ2v) is 7.91. The van der Waals surface area contributed by atoms with Crippen molar-refractivity contribution in [3.8, 4) is 17.2 Å². The van der Waals surface area contributed by atoms with Crippen molar-refractivity contribution in [2.24, 2.45) is 0 Å². The largest absolute Gasteiger partial charge is 0.497 e. The highest BCUT2D eigenvalue weighted by molar-refractivity contribution is 6.06. The Balaban J connectivity index is 1.62. The number of hydrogen-bond donors (Lipinski definition) is 3. The van der Waals surface area contributed by atoms with Crippen LogP contribution in [0.25, 0.3) is 17.0 Å². The topological polar surface area (TPSA) is 102 Å². The fraction of sp³-hybridized carbons (Fsp3) is 0.143. The van der Waals surface area contributed by atoms with E-state index >= 15 is 0 Å². The van der Waals surface area contributed by atoms with Crippen molar-refractivity contribution in [2.75, 3.05) is 21.3 Å². The van der Waals surface area contributed by atoms with Crippen molar-refractivity contribution in [2.45, 2.75) is 6.54 Å². The predicted octanol–water partition coefficient (Wildman–Crippen LogP) is 4.28. The summed E-state index contributed by atoms with van der Waals surface area (Å²) in [7, 11) is 4.71. The molecule has 3 N–H and O–H groups in total. The number of fused-ring (bicyclic) bond motifs is 1. The van der Waals surface area contributed by atoms with Crippen LogP contribution in [0.4, 0.5) is 0 Å². The van der Waals surface area contributed by atoms with Crippen molar-refractivity contribution in [3.63, 3.8) is 0 Å². The molecule has 3 aromatic carbocycles. The highest BCUT2D eigenvalue weighted by Gasteiger charge is 2.16. The maximum Gasteiger partial charge on any atom is 0.268 e. The van der Waals surface area contributed by atoms with Crippen LogP contribution < -0.4 is 24.8 Å². The lowest BCUT2D eigenvalue weighted by atomic mass is 10.1. The van der Waals surface area contributed by atoms with Crippen molar-refractivity contribution in [3.05, 3.63) is 95.3 Å². The number of nitrogens with one attached hydrogen (secondary N) is 3. The standard InChI is InChI=1S/C28H27N3O5/c1-34-21-10-11-23-22(15-21)20(17-29-23)14-24(31-27(32)19-7-5-4-6-8-19)28(33)30-16-18-9-12-25(35-2)26(13-18)36-3/h4-15,17,29H,16H2,1-3H3,(H,30,33)(H,31,32)/b24-14-. The van der Waals surface area contributed by atoms with Gasteiger partial charge in [0, 0.05) is 34.8 Å². The van der Waals surface area contributed by atoms with Gasteiger partial charge in [-0.05, 0) is 54.1 Å². The van der Waals surface area contributed by atoms with Gasteiger partial charge in [-0.2, -0.15) is 0 Å². The number of amides is 2. The zero-order chi connectivity index (χ0) is 25.5. The first-order valence-electron chi connectivity index (χ1n) is 11.2. The molecule has 1 heterocycles. The number of aromatic amines is 1. The average Bonchev–Trinajstić information content (AvgIpc) is 3.33. The number of carbonyl (C=O) groups excluding carboxylic acids is 2. The summed E-state index contributed by atoms with van der Waals surface area (Å²) >= 11 is 0. The van der Waals surface area contributed by atoms with Gasteiger partial charge < -0.3 is 29.8 Å². The SMILES string of the molecule is COc1ccc2[nH]cc(/C=C(\NC(=O)c3ccccc3)C(=O)NCc3ccc(OC)c(OC)c3)c2c1. The van der Waals surface area contributed by atoms with Gasteiger partial charge >= 0.3 is 0 Å². The van der Waals surface area contributed by atoms with E-state index in [0.717, 1.165) is 22.0 Å². The molecular formula is C28H27N3O5. The normalized spacial score (nSPS) is 11.1. The summed E-state index contributed by atoms with van der Waals surface area (Å²) in [5, 5.41) is 6.49. The number of hydrogen-bond acceptors (Lipinski definition) is 5. The fourth-order valence-corrected chi connectivity index (χ4v) is 3.73. The van der Waals surface area contributed by atoms with Crippen molar-refractivity contribution < 1.29 is 23.8 Å². The molecule has 4 aromatic rings. The lowest BCUT2D eigenvalue weighted by Gasteiger charge is -2.13. The van der Waals surface area contributed by atoms with E-state index in [1.165, 1.54) is 0 Å². The number of ether oxygens (including phenoxy) is 3. The van der Waals surface area contributed by atoms with Crippen LogP contribution in [-0.2, 0) is 11.3 Å². The lowest BCUT2D eigenvalue weighted by molar-refractivity contribution is -0.117. The smallest absolute Gasteiger partial charge is 0.268 e. The third-order valence-corrected chi connectivity index (χ3v) is 5.65. The maximum absolute atomic E-state index is 13.3. The number of rotatable bonds is 9. The highest BCUT2D eigenvalue weighted by Crippen LogP contribution is 2.28. The van der Waals surface area contributed by atoms with Gasteiger partial charge in [0.2, 0.25) is 0 Å². The molecule has 0 saturated carbocycles. The quantitative estimate of drug-likeness (QED) is 0.307. The van der Waals surface area contributed by atoms with Crippen LogP contribution in [0, 0.1) is 0 Å². The summed E-state index contributed by atoms with van der Waals surface area (Å²) in [5.41, 5.74) is 2.96. The molecule has 8 nitrogen and oxygen atoms in total. The first-order chi connectivity index (χ1) is 17.5. The van der Waals surface area contributed by atoms with Gasteiger partial charge in [-0.3, -0.25) is 9.59 Å². The van der Waals surface area contributed by atoms with Gasteiger partial charge in [0.05, 0.1) is 21.3 Å². The predicted molar refractivity (Wildman–Crippen MR) is 138 cm³/mol. The van der Waals surface area contributed by atoms with Crippen molar-refractivity contribution in [1.82, 2.24) is 15.6 Å². The van der Waals surface area contributed by atoms with E-state index in [2.05, 4.69) is 15.6 Å². The van der Waals surface area contributed by atoms with E-state index in [4.69, 9.17) is 14.2 Å². The van der Waals surface area contributed by atoms with Gasteiger partial charge in [-0.1, -0.05) is 24.3 Å². The number of benzene rings is 3. The molecule has 0 aliphatic rings. The summed E-state index contributed by atoms with van der Waals surface area (Å²) in [5.74, 6) is 1.01. The summed E-state index contributed by atoms with van der Waals surface area (Å²) in [4.78, 5) is 29.3. The molecule has 184 valence electrons. The van der Waals surface area contributed by atoms with Gasteiger partial charge in [0.15, 0.2) is 11.5 Å². The highest BCUT2D eigenvalue weighted by atomic mass is 16.5. The third kappa shape index (κ3) is 5.50. The van der Waals surface area contributed by atoms with Crippen LogP contribution in [0.1, 0.15) is 21.5 Å². The molecule has 0 saturated heterocycles. The second kappa shape index (κ2) is 11.1. The molecule has 1 aromatic heterocycles. The molecule has 0 aliphatic heterocycles. The Hall–Kier alpha value is -4.72.